The largest absolute Gasteiger partial charge is 0.341 e. The van der Waals surface area contributed by atoms with Crippen LogP contribution in [0.5, 0.6) is 0 Å². The molecule has 1 aliphatic heterocycles. The van der Waals surface area contributed by atoms with Crippen molar-refractivity contribution in [3.63, 3.8) is 0 Å². The van der Waals surface area contributed by atoms with Gasteiger partial charge in [-0.3, -0.25) is 4.79 Å². The number of rotatable bonds is 6. The third-order valence-electron chi connectivity index (χ3n) is 4.76. The van der Waals surface area contributed by atoms with Crippen molar-refractivity contribution in [2.24, 2.45) is 0 Å². The van der Waals surface area contributed by atoms with E-state index in [1.807, 2.05) is 6.92 Å². The number of aryl methyl sites for hydroxylation is 2. The SMILES string of the molecule is CC(=O)Nc1ccc(S(=O)(=O)NCc2cc(C)nc(N3CCCCC3)n2)c(C)c1. The van der Waals surface area contributed by atoms with E-state index in [-0.39, 0.29) is 17.3 Å². The van der Waals surface area contributed by atoms with E-state index >= 15 is 0 Å². The highest BCUT2D eigenvalue weighted by Gasteiger charge is 2.19. The molecule has 1 saturated heterocycles. The summed E-state index contributed by atoms with van der Waals surface area (Å²) in [6.07, 6.45) is 3.45. The molecule has 156 valence electrons. The summed E-state index contributed by atoms with van der Waals surface area (Å²) in [5, 5.41) is 2.65. The molecule has 3 rings (SSSR count). The maximum Gasteiger partial charge on any atom is 0.241 e. The lowest BCUT2D eigenvalue weighted by molar-refractivity contribution is -0.114. The Morgan fingerprint density at radius 3 is 2.48 bits per heavy atom. The van der Waals surface area contributed by atoms with Crippen molar-refractivity contribution in [2.45, 2.75) is 51.5 Å². The first kappa shape index (κ1) is 21.2. The number of nitrogens with zero attached hydrogens (tertiary/aromatic N) is 3. The van der Waals surface area contributed by atoms with Gasteiger partial charge in [-0.05, 0) is 62.9 Å². The average Bonchev–Trinajstić information content (AvgIpc) is 2.66. The second-order valence-corrected chi connectivity index (χ2v) is 9.07. The molecule has 1 fully saturated rings. The Kier molecular flexibility index (Phi) is 6.49. The van der Waals surface area contributed by atoms with Gasteiger partial charge in [0.05, 0.1) is 17.1 Å². The molecule has 1 aromatic heterocycles. The summed E-state index contributed by atoms with van der Waals surface area (Å²) in [6, 6.07) is 6.50. The molecule has 0 bridgehead atoms. The minimum atomic E-state index is -3.72. The molecule has 2 N–H and O–H groups in total. The third-order valence-corrected chi connectivity index (χ3v) is 6.32. The molecule has 0 unspecified atom stereocenters. The van der Waals surface area contributed by atoms with Crippen LogP contribution in [0, 0.1) is 13.8 Å². The highest BCUT2D eigenvalue weighted by Crippen LogP contribution is 2.21. The summed E-state index contributed by atoms with van der Waals surface area (Å²) >= 11 is 0. The summed E-state index contributed by atoms with van der Waals surface area (Å²) in [6.45, 7) is 6.92. The first-order valence-corrected chi connectivity index (χ1v) is 11.2. The molecule has 0 aliphatic carbocycles. The highest BCUT2D eigenvalue weighted by molar-refractivity contribution is 7.89. The number of carbonyl (C=O) groups excluding carboxylic acids is 1. The molecular weight excluding hydrogens is 390 g/mol. The molecule has 0 atom stereocenters. The van der Waals surface area contributed by atoms with E-state index in [2.05, 4.69) is 24.9 Å². The minimum absolute atomic E-state index is 0.0828. The van der Waals surface area contributed by atoms with Gasteiger partial charge in [0.1, 0.15) is 0 Å². The number of benzene rings is 1. The average molecular weight is 418 g/mol. The molecule has 29 heavy (non-hydrogen) atoms. The van der Waals surface area contributed by atoms with Crippen LogP contribution in [0.4, 0.5) is 11.6 Å². The Morgan fingerprint density at radius 1 is 1.10 bits per heavy atom. The zero-order valence-corrected chi connectivity index (χ0v) is 17.8. The van der Waals surface area contributed by atoms with Crippen LogP contribution >= 0.6 is 0 Å². The fourth-order valence-electron chi connectivity index (χ4n) is 3.42. The van der Waals surface area contributed by atoms with Gasteiger partial charge in [0.15, 0.2) is 0 Å². The van der Waals surface area contributed by atoms with Crippen LogP contribution in [0.25, 0.3) is 0 Å². The fourth-order valence-corrected chi connectivity index (χ4v) is 4.64. The van der Waals surface area contributed by atoms with Gasteiger partial charge in [-0.15, -0.1) is 0 Å². The van der Waals surface area contributed by atoms with Crippen LogP contribution in [0.15, 0.2) is 29.2 Å². The number of aromatic nitrogens is 2. The molecule has 2 heterocycles. The topological polar surface area (TPSA) is 104 Å². The van der Waals surface area contributed by atoms with E-state index in [4.69, 9.17) is 0 Å². The first-order valence-electron chi connectivity index (χ1n) is 9.72. The van der Waals surface area contributed by atoms with Gasteiger partial charge in [0.2, 0.25) is 21.9 Å². The first-order chi connectivity index (χ1) is 13.7. The van der Waals surface area contributed by atoms with Gasteiger partial charge >= 0.3 is 0 Å². The molecule has 0 saturated carbocycles. The number of piperidine rings is 1. The number of sulfonamides is 1. The van der Waals surface area contributed by atoms with Gasteiger partial charge in [0.25, 0.3) is 0 Å². The Labute approximate surface area is 171 Å². The van der Waals surface area contributed by atoms with Gasteiger partial charge in [0, 0.05) is 31.4 Å². The number of carbonyl (C=O) groups is 1. The van der Waals surface area contributed by atoms with Crippen molar-refractivity contribution in [1.29, 1.82) is 0 Å². The number of nitrogens with one attached hydrogen (secondary N) is 2. The predicted octanol–water partition coefficient (Wildman–Crippen LogP) is 2.52. The van der Waals surface area contributed by atoms with E-state index in [0.29, 0.717) is 22.9 Å². The van der Waals surface area contributed by atoms with E-state index in [0.717, 1.165) is 31.6 Å². The molecule has 0 radical (unpaired) electrons. The summed E-state index contributed by atoms with van der Waals surface area (Å²) in [7, 11) is -3.72. The standard InChI is InChI=1S/C20H27N5O3S/c1-14-11-17(23-16(3)26)7-8-19(14)29(27,28)21-13-18-12-15(2)22-20(24-18)25-9-5-4-6-10-25/h7-8,11-12,21H,4-6,9-10,13H2,1-3H3,(H,23,26). The van der Waals surface area contributed by atoms with Crippen LogP contribution in [-0.4, -0.2) is 37.4 Å². The number of anilines is 2. The Morgan fingerprint density at radius 2 is 1.83 bits per heavy atom. The number of hydrogen-bond donors (Lipinski definition) is 2. The molecule has 0 spiro atoms. The Bertz CT molecular complexity index is 1000. The Hall–Kier alpha value is -2.52. The van der Waals surface area contributed by atoms with Crippen LogP contribution in [0.1, 0.15) is 43.1 Å². The van der Waals surface area contributed by atoms with E-state index in [9.17, 15) is 13.2 Å². The molecule has 8 nitrogen and oxygen atoms in total. The second kappa shape index (κ2) is 8.87. The zero-order valence-electron chi connectivity index (χ0n) is 17.0. The molecular formula is C20H27N5O3S. The summed E-state index contributed by atoms with van der Waals surface area (Å²) < 4.78 is 28.2. The Balaban J connectivity index is 1.75. The number of hydrogen-bond acceptors (Lipinski definition) is 6. The van der Waals surface area contributed by atoms with Crippen LogP contribution in [-0.2, 0) is 21.4 Å². The summed E-state index contributed by atoms with van der Waals surface area (Å²) in [5.41, 5.74) is 2.56. The van der Waals surface area contributed by atoms with Crippen molar-refractivity contribution < 1.29 is 13.2 Å². The molecule has 1 aliphatic rings. The van der Waals surface area contributed by atoms with Crippen molar-refractivity contribution in [3.05, 3.63) is 41.2 Å². The zero-order chi connectivity index (χ0) is 21.0. The van der Waals surface area contributed by atoms with Gasteiger partial charge in [-0.2, -0.15) is 0 Å². The van der Waals surface area contributed by atoms with Crippen LogP contribution in [0.3, 0.4) is 0 Å². The van der Waals surface area contributed by atoms with Crippen LogP contribution in [0.2, 0.25) is 0 Å². The fraction of sp³-hybridized carbons (Fsp3) is 0.450. The lowest BCUT2D eigenvalue weighted by Crippen LogP contribution is -2.32. The summed E-state index contributed by atoms with van der Waals surface area (Å²) in [5.74, 6) is 0.455. The van der Waals surface area contributed by atoms with E-state index < -0.39 is 10.0 Å². The maximum atomic E-state index is 12.8. The van der Waals surface area contributed by atoms with Gasteiger partial charge in [-0.25, -0.2) is 23.1 Å². The van der Waals surface area contributed by atoms with Crippen LogP contribution < -0.4 is 14.9 Å². The van der Waals surface area contributed by atoms with E-state index in [1.165, 1.54) is 19.4 Å². The minimum Gasteiger partial charge on any atom is -0.341 e. The molecule has 9 heteroatoms. The molecule has 1 amide bonds. The monoisotopic (exact) mass is 417 g/mol. The van der Waals surface area contributed by atoms with E-state index in [1.54, 1.807) is 25.1 Å². The molecule has 1 aromatic carbocycles. The lowest BCUT2D eigenvalue weighted by Gasteiger charge is -2.27. The normalized spacial score (nSPS) is 14.7. The lowest BCUT2D eigenvalue weighted by atomic mass is 10.1. The summed E-state index contributed by atoms with van der Waals surface area (Å²) in [4.78, 5) is 22.6. The smallest absolute Gasteiger partial charge is 0.241 e. The van der Waals surface area contributed by atoms with Crippen molar-refractivity contribution in [3.8, 4) is 0 Å². The van der Waals surface area contributed by atoms with Crippen molar-refractivity contribution in [2.75, 3.05) is 23.3 Å². The van der Waals surface area contributed by atoms with Crippen molar-refractivity contribution in [1.82, 2.24) is 14.7 Å². The molecule has 2 aromatic rings. The van der Waals surface area contributed by atoms with Gasteiger partial charge < -0.3 is 10.2 Å². The predicted molar refractivity (Wildman–Crippen MR) is 112 cm³/mol. The van der Waals surface area contributed by atoms with Gasteiger partial charge in [-0.1, -0.05) is 0 Å². The second-order valence-electron chi connectivity index (χ2n) is 7.33. The third kappa shape index (κ3) is 5.51. The quantitative estimate of drug-likeness (QED) is 0.748. The maximum absolute atomic E-state index is 12.8. The highest BCUT2D eigenvalue weighted by atomic mass is 32.2. The van der Waals surface area contributed by atoms with Crippen molar-refractivity contribution >= 4 is 27.6 Å². The number of amides is 1.